The van der Waals surface area contributed by atoms with Crippen molar-refractivity contribution in [1.82, 2.24) is 0 Å². The molecule has 1 fully saturated rings. The van der Waals surface area contributed by atoms with Crippen molar-refractivity contribution < 1.29 is 13.9 Å². The molecule has 1 aromatic rings. The minimum Gasteiger partial charge on any atom is -0.377 e. The summed E-state index contributed by atoms with van der Waals surface area (Å²) in [6.07, 6.45) is 0. The average Bonchev–Trinajstić information content (AvgIpc) is 2.25. The van der Waals surface area contributed by atoms with Crippen LogP contribution in [0.2, 0.25) is 0 Å². The molecule has 94 valence electrons. The second-order valence-electron chi connectivity index (χ2n) is 4.49. The van der Waals surface area contributed by atoms with Gasteiger partial charge in [0.25, 0.3) is 0 Å². The van der Waals surface area contributed by atoms with Crippen molar-refractivity contribution in [3.05, 3.63) is 28.5 Å². The van der Waals surface area contributed by atoms with E-state index in [1.165, 1.54) is 12.1 Å². The van der Waals surface area contributed by atoms with Gasteiger partial charge in [0.05, 0.1) is 19.3 Å². The van der Waals surface area contributed by atoms with Crippen molar-refractivity contribution in [2.75, 3.05) is 18.5 Å². The molecule has 0 radical (unpaired) electrons. The van der Waals surface area contributed by atoms with Crippen molar-refractivity contribution >= 4 is 21.6 Å². The Morgan fingerprint density at radius 3 is 2.59 bits per heavy atom. The van der Waals surface area contributed by atoms with Gasteiger partial charge < -0.3 is 14.8 Å². The van der Waals surface area contributed by atoms with Gasteiger partial charge in [0.2, 0.25) is 0 Å². The van der Waals surface area contributed by atoms with Gasteiger partial charge in [-0.2, -0.15) is 0 Å². The van der Waals surface area contributed by atoms with E-state index in [0.29, 0.717) is 17.7 Å². The molecule has 0 aliphatic carbocycles. The Morgan fingerprint density at radius 2 is 2.00 bits per heavy atom. The van der Waals surface area contributed by atoms with Crippen LogP contribution >= 0.6 is 15.9 Å². The van der Waals surface area contributed by atoms with Gasteiger partial charge in [-0.25, -0.2) is 4.39 Å². The summed E-state index contributed by atoms with van der Waals surface area (Å²) in [6.45, 7) is 4.90. The molecule has 2 rings (SSSR count). The summed E-state index contributed by atoms with van der Waals surface area (Å²) in [5.74, 6) is -0.780. The van der Waals surface area contributed by atoms with Gasteiger partial charge in [0, 0.05) is 10.2 Å². The molecule has 0 amide bonds. The molecule has 3 nitrogen and oxygen atoms in total. The zero-order chi connectivity index (χ0) is 12.5. The number of hydrogen-bond donors (Lipinski definition) is 1. The number of rotatable bonds is 2. The predicted octanol–water partition coefficient (Wildman–Crippen LogP) is 3.15. The third-order valence-corrected chi connectivity index (χ3v) is 3.21. The Kier molecular flexibility index (Phi) is 3.70. The summed E-state index contributed by atoms with van der Waals surface area (Å²) in [6, 6.07) is 4.61. The van der Waals surface area contributed by atoms with Crippen molar-refractivity contribution in [3.63, 3.8) is 0 Å². The lowest BCUT2D eigenvalue weighted by Gasteiger charge is -2.35. The third-order valence-electron chi connectivity index (χ3n) is 2.55. The van der Waals surface area contributed by atoms with E-state index >= 15 is 0 Å². The molecule has 1 heterocycles. The maximum Gasteiger partial charge on any atom is 0.162 e. The van der Waals surface area contributed by atoms with E-state index in [1.807, 2.05) is 13.8 Å². The number of nitrogens with one attached hydrogen (secondary N) is 1. The second-order valence-corrected chi connectivity index (χ2v) is 5.34. The smallest absolute Gasteiger partial charge is 0.162 e. The lowest BCUT2D eigenvalue weighted by molar-refractivity contribution is -0.247. The number of hydrogen-bond acceptors (Lipinski definition) is 3. The van der Waals surface area contributed by atoms with Crippen molar-refractivity contribution in [3.8, 4) is 0 Å². The lowest BCUT2D eigenvalue weighted by Crippen LogP contribution is -2.45. The minimum absolute atomic E-state index is 0.0739. The summed E-state index contributed by atoms with van der Waals surface area (Å²) >= 11 is 3.31. The van der Waals surface area contributed by atoms with Crippen LogP contribution in [0.15, 0.2) is 22.7 Å². The minimum atomic E-state index is -0.516. The van der Waals surface area contributed by atoms with Gasteiger partial charge in [-0.15, -0.1) is 0 Å². The highest BCUT2D eigenvalue weighted by atomic mass is 79.9. The summed E-state index contributed by atoms with van der Waals surface area (Å²) in [5.41, 5.74) is 0.836. The fourth-order valence-electron chi connectivity index (χ4n) is 1.60. The van der Waals surface area contributed by atoms with Crippen LogP contribution in [0.1, 0.15) is 13.8 Å². The molecule has 1 aromatic carbocycles. The topological polar surface area (TPSA) is 30.5 Å². The van der Waals surface area contributed by atoms with Crippen LogP contribution in [0.5, 0.6) is 0 Å². The van der Waals surface area contributed by atoms with Gasteiger partial charge in [-0.3, -0.25) is 0 Å². The zero-order valence-corrected chi connectivity index (χ0v) is 11.4. The van der Waals surface area contributed by atoms with Crippen LogP contribution in [0, 0.1) is 5.82 Å². The van der Waals surface area contributed by atoms with Gasteiger partial charge in [-0.05, 0) is 48.0 Å². The van der Waals surface area contributed by atoms with Gasteiger partial charge in [0.1, 0.15) is 5.82 Å². The molecule has 17 heavy (non-hydrogen) atoms. The first-order chi connectivity index (χ1) is 7.96. The quantitative estimate of drug-likeness (QED) is 0.910. The van der Waals surface area contributed by atoms with Crippen molar-refractivity contribution in [2.24, 2.45) is 0 Å². The van der Waals surface area contributed by atoms with E-state index in [1.54, 1.807) is 6.07 Å². The maximum absolute atomic E-state index is 12.9. The summed E-state index contributed by atoms with van der Waals surface area (Å²) in [4.78, 5) is 0. The Morgan fingerprint density at radius 1 is 1.35 bits per heavy atom. The van der Waals surface area contributed by atoms with Crippen LogP contribution in [-0.2, 0) is 9.47 Å². The van der Waals surface area contributed by atoms with E-state index in [0.717, 1.165) is 5.69 Å². The van der Waals surface area contributed by atoms with E-state index in [9.17, 15) is 4.39 Å². The standard InChI is InChI=1S/C12H15BrFNO2/c1-12(2)16-6-9(7-17-12)15-11-4-3-8(14)5-10(11)13/h3-5,9,15H,6-7H2,1-2H3. The molecule has 0 saturated carbocycles. The molecule has 0 bridgehead atoms. The van der Waals surface area contributed by atoms with Gasteiger partial charge in [-0.1, -0.05) is 0 Å². The van der Waals surface area contributed by atoms with E-state index in [-0.39, 0.29) is 11.9 Å². The summed E-state index contributed by atoms with van der Waals surface area (Å²) in [5, 5.41) is 3.25. The highest BCUT2D eigenvalue weighted by molar-refractivity contribution is 9.10. The zero-order valence-electron chi connectivity index (χ0n) is 9.80. The first-order valence-corrected chi connectivity index (χ1v) is 6.25. The number of anilines is 1. The summed E-state index contributed by atoms with van der Waals surface area (Å²) < 4.78 is 24.7. The second kappa shape index (κ2) is 4.92. The number of ether oxygens (including phenoxy) is 2. The number of benzene rings is 1. The average molecular weight is 304 g/mol. The molecule has 5 heteroatoms. The van der Waals surface area contributed by atoms with E-state index in [4.69, 9.17) is 9.47 Å². The SMILES string of the molecule is CC1(C)OCC(Nc2ccc(F)cc2Br)CO1. The van der Waals surface area contributed by atoms with Crippen LogP contribution in [-0.4, -0.2) is 25.0 Å². The fourth-order valence-corrected chi connectivity index (χ4v) is 2.07. The Bertz CT molecular complexity index is 401. The third kappa shape index (κ3) is 3.40. The normalized spacial score (nSPS) is 20.2. The molecular formula is C12H15BrFNO2. The van der Waals surface area contributed by atoms with Crippen LogP contribution in [0.4, 0.5) is 10.1 Å². The van der Waals surface area contributed by atoms with E-state index < -0.39 is 5.79 Å². The molecule has 0 aromatic heterocycles. The molecule has 1 aliphatic heterocycles. The van der Waals surface area contributed by atoms with Crippen molar-refractivity contribution in [2.45, 2.75) is 25.7 Å². The molecule has 0 spiro atoms. The van der Waals surface area contributed by atoms with Crippen LogP contribution < -0.4 is 5.32 Å². The molecule has 1 aliphatic rings. The highest BCUT2D eigenvalue weighted by Gasteiger charge is 2.28. The maximum atomic E-state index is 12.9. The molecule has 1 N–H and O–H groups in total. The van der Waals surface area contributed by atoms with Crippen LogP contribution in [0.3, 0.4) is 0 Å². The Balaban J connectivity index is 1.98. The predicted molar refractivity (Wildman–Crippen MR) is 67.5 cm³/mol. The number of halogens is 2. The summed E-state index contributed by atoms with van der Waals surface area (Å²) in [7, 11) is 0. The molecular weight excluding hydrogens is 289 g/mol. The van der Waals surface area contributed by atoms with Crippen molar-refractivity contribution in [1.29, 1.82) is 0 Å². The van der Waals surface area contributed by atoms with Gasteiger partial charge in [0.15, 0.2) is 5.79 Å². The lowest BCUT2D eigenvalue weighted by atomic mass is 10.2. The first-order valence-electron chi connectivity index (χ1n) is 5.46. The highest BCUT2D eigenvalue weighted by Crippen LogP contribution is 2.25. The molecule has 1 saturated heterocycles. The largest absolute Gasteiger partial charge is 0.377 e. The molecule has 0 atom stereocenters. The Labute approximate surface area is 108 Å². The fraction of sp³-hybridized carbons (Fsp3) is 0.500. The van der Waals surface area contributed by atoms with Crippen LogP contribution in [0.25, 0.3) is 0 Å². The Hall–Kier alpha value is -0.650. The first kappa shape index (κ1) is 12.8. The monoisotopic (exact) mass is 303 g/mol. The molecule has 0 unspecified atom stereocenters. The van der Waals surface area contributed by atoms with Gasteiger partial charge >= 0.3 is 0 Å². The van der Waals surface area contributed by atoms with E-state index in [2.05, 4.69) is 21.2 Å².